The highest BCUT2D eigenvalue weighted by Gasteiger charge is 2.37. The van der Waals surface area contributed by atoms with Gasteiger partial charge in [0.1, 0.15) is 0 Å². The fraction of sp³-hybridized carbons (Fsp3) is 0.818. The van der Waals surface area contributed by atoms with Crippen molar-refractivity contribution in [1.29, 1.82) is 0 Å². The average molecular weight is 167 g/mol. The molecule has 3 atom stereocenters. The van der Waals surface area contributed by atoms with E-state index in [4.69, 9.17) is 5.73 Å². The molecule has 0 aromatic carbocycles. The quantitative estimate of drug-likeness (QED) is 0.629. The van der Waals surface area contributed by atoms with E-state index in [1.165, 1.54) is 12.8 Å². The second-order valence-electron chi connectivity index (χ2n) is 4.14. The van der Waals surface area contributed by atoms with Gasteiger partial charge in [0.15, 0.2) is 0 Å². The molecule has 1 aliphatic carbocycles. The van der Waals surface area contributed by atoms with Gasteiger partial charge in [0.25, 0.3) is 0 Å². The molecular formula is C11H21N. The molecule has 12 heavy (non-hydrogen) atoms. The Morgan fingerprint density at radius 1 is 1.50 bits per heavy atom. The molecule has 1 nitrogen and oxygen atoms in total. The minimum atomic E-state index is 0.337. The number of nitrogens with two attached hydrogens (primary N) is 1. The summed E-state index contributed by atoms with van der Waals surface area (Å²) in [4.78, 5) is 0. The monoisotopic (exact) mass is 167 g/mol. The van der Waals surface area contributed by atoms with Crippen LogP contribution in [-0.2, 0) is 0 Å². The zero-order valence-corrected chi connectivity index (χ0v) is 8.51. The third-order valence-electron chi connectivity index (χ3n) is 3.65. The summed E-state index contributed by atoms with van der Waals surface area (Å²) >= 11 is 0. The highest BCUT2D eigenvalue weighted by Crippen LogP contribution is 2.40. The van der Waals surface area contributed by atoms with Crippen molar-refractivity contribution >= 4 is 0 Å². The number of rotatable bonds is 2. The van der Waals surface area contributed by atoms with Gasteiger partial charge >= 0.3 is 0 Å². The Bertz CT molecular complexity index is 174. The Balaban J connectivity index is 2.84. The molecule has 0 aliphatic heterocycles. The molecule has 1 rings (SSSR count). The molecule has 0 amide bonds. The van der Waals surface area contributed by atoms with Gasteiger partial charge in [-0.2, -0.15) is 0 Å². The third kappa shape index (κ3) is 1.42. The van der Waals surface area contributed by atoms with Crippen molar-refractivity contribution in [1.82, 2.24) is 0 Å². The first-order chi connectivity index (χ1) is 5.65. The highest BCUT2D eigenvalue weighted by atomic mass is 14.7. The van der Waals surface area contributed by atoms with Crippen LogP contribution in [0.15, 0.2) is 12.2 Å². The molecule has 1 heteroatoms. The Morgan fingerprint density at radius 3 is 2.58 bits per heavy atom. The lowest BCUT2D eigenvalue weighted by Gasteiger charge is -2.42. The van der Waals surface area contributed by atoms with Crippen LogP contribution >= 0.6 is 0 Å². The summed E-state index contributed by atoms with van der Waals surface area (Å²) in [5.74, 6) is 0.686. The maximum absolute atomic E-state index is 6.14. The molecule has 0 spiro atoms. The summed E-state index contributed by atoms with van der Waals surface area (Å²) in [6.07, 6.45) is 8.06. The van der Waals surface area contributed by atoms with E-state index in [9.17, 15) is 0 Å². The van der Waals surface area contributed by atoms with Crippen LogP contribution in [0.3, 0.4) is 0 Å². The van der Waals surface area contributed by atoms with Gasteiger partial charge in [0.2, 0.25) is 0 Å². The second-order valence-corrected chi connectivity index (χ2v) is 4.14. The van der Waals surface area contributed by atoms with Crippen molar-refractivity contribution in [2.75, 3.05) is 0 Å². The van der Waals surface area contributed by atoms with Crippen LogP contribution in [0, 0.1) is 11.3 Å². The third-order valence-corrected chi connectivity index (χ3v) is 3.65. The van der Waals surface area contributed by atoms with E-state index in [1.807, 2.05) is 0 Å². The zero-order valence-electron chi connectivity index (χ0n) is 8.51. The summed E-state index contributed by atoms with van der Waals surface area (Å²) in [5, 5.41) is 0. The zero-order chi connectivity index (χ0) is 9.19. The van der Waals surface area contributed by atoms with Gasteiger partial charge in [0, 0.05) is 6.04 Å². The van der Waals surface area contributed by atoms with Gasteiger partial charge in [-0.3, -0.25) is 0 Å². The van der Waals surface area contributed by atoms with Gasteiger partial charge < -0.3 is 5.73 Å². The summed E-state index contributed by atoms with van der Waals surface area (Å²) in [5.41, 5.74) is 6.48. The Hall–Kier alpha value is -0.300. The average Bonchev–Trinajstić information content (AvgIpc) is 2.10. The standard InChI is InChI=1S/C11H21N/c1-4-9-7-6-8-10(12)11(9,3)5-2/h6-7,9-10H,4-5,8,12H2,1-3H3. The maximum Gasteiger partial charge on any atom is 0.0133 e. The predicted molar refractivity (Wildman–Crippen MR) is 53.9 cm³/mol. The number of allylic oxidation sites excluding steroid dienone is 1. The molecule has 0 radical (unpaired) electrons. The molecule has 2 N–H and O–H groups in total. The van der Waals surface area contributed by atoms with Crippen LogP contribution in [0.4, 0.5) is 0 Å². The molecule has 1 aliphatic rings. The van der Waals surface area contributed by atoms with Crippen LogP contribution in [0.2, 0.25) is 0 Å². The fourth-order valence-corrected chi connectivity index (χ4v) is 2.28. The summed E-state index contributed by atoms with van der Waals surface area (Å²) in [6.45, 7) is 6.83. The Labute approximate surface area is 76.0 Å². The molecule has 70 valence electrons. The number of hydrogen-bond acceptors (Lipinski definition) is 1. The number of hydrogen-bond donors (Lipinski definition) is 1. The van der Waals surface area contributed by atoms with E-state index in [0.717, 1.165) is 6.42 Å². The first-order valence-corrected chi connectivity index (χ1v) is 5.07. The molecule has 0 heterocycles. The van der Waals surface area contributed by atoms with Gasteiger partial charge in [-0.25, -0.2) is 0 Å². The second kappa shape index (κ2) is 3.61. The van der Waals surface area contributed by atoms with Crippen molar-refractivity contribution in [3.8, 4) is 0 Å². The molecule has 0 fully saturated rings. The van der Waals surface area contributed by atoms with Crippen molar-refractivity contribution in [2.45, 2.75) is 46.1 Å². The lowest BCUT2D eigenvalue weighted by molar-refractivity contribution is 0.153. The van der Waals surface area contributed by atoms with Crippen LogP contribution in [0.25, 0.3) is 0 Å². The van der Waals surface area contributed by atoms with Crippen molar-refractivity contribution < 1.29 is 0 Å². The molecule has 0 saturated heterocycles. The molecule has 3 unspecified atom stereocenters. The maximum atomic E-state index is 6.14. The van der Waals surface area contributed by atoms with E-state index in [0.29, 0.717) is 17.4 Å². The van der Waals surface area contributed by atoms with E-state index in [1.54, 1.807) is 0 Å². The first kappa shape index (κ1) is 9.79. The normalized spacial score (nSPS) is 41.7. The predicted octanol–water partition coefficient (Wildman–Crippen LogP) is 2.72. The lowest BCUT2D eigenvalue weighted by Crippen LogP contribution is -2.45. The minimum Gasteiger partial charge on any atom is -0.327 e. The molecule has 0 aromatic heterocycles. The van der Waals surface area contributed by atoms with Crippen LogP contribution in [-0.4, -0.2) is 6.04 Å². The van der Waals surface area contributed by atoms with E-state index >= 15 is 0 Å². The van der Waals surface area contributed by atoms with Gasteiger partial charge in [-0.05, 0) is 30.6 Å². The molecule has 0 saturated carbocycles. The lowest BCUT2D eigenvalue weighted by atomic mass is 9.65. The van der Waals surface area contributed by atoms with Crippen molar-refractivity contribution in [2.24, 2.45) is 17.1 Å². The van der Waals surface area contributed by atoms with E-state index in [-0.39, 0.29) is 0 Å². The van der Waals surface area contributed by atoms with Gasteiger partial charge in [0.05, 0.1) is 0 Å². The van der Waals surface area contributed by atoms with Crippen LogP contribution in [0.1, 0.15) is 40.0 Å². The minimum absolute atomic E-state index is 0.337. The van der Waals surface area contributed by atoms with Crippen LogP contribution < -0.4 is 5.73 Å². The Kier molecular flexibility index (Phi) is 2.94. The van der Waals surface area contributed by atoms with E-state index < -0.39 is 0 Å². The Morgan fingerprint density at radius 2 is 2.17 bits per heavy atom. The first-order valence-electron chi connectivity index (χ1n) is 5.07. The van der Waals surface area contributed by atoms with Gasteiger partial charge in [-0.1, -0.05) is 32.9 Å². The topological polar surface area (TPSA) is 26.0 Å². The smallest absolute Gasteiger partial charge is 0.0133 e. The molecule has 0 bridgehead atoms. The summed E-state index contributed by atoms with van der Waals surface area (Å²) in [7, 11) is 0. The van der Waals surface area contributed by atoms with Gasteiger partial charge in [-0.15, -0.1) is 0 Å². The van der Waals surface area contributed by atoms with Crippen molar-refractivity contribution in [3.05, 3.63) is 12.2 Å². The summed E-state index contributed by atoms with van der Waals surface area (Å²) < 4.78 is 0. The largest absolute Gasteiger partial charge is 0.327 e. The van der Waals surface area contributed by atoms with Crippen molar-refractivity contribution in [3.63, 3.8) is 0 Å². The van der Waals surface area contributed by atoms with E-state index in [2.05, 4.69) is 32.9 Å². The SMILES string of the molecule is CCC1C=CCC(N)C1(C)CC. The van der Waals surface area contributed by atoms with Crippen LogP contribution in [0.5, 0.6) is 0 Å². The molecule has 0 aromatic rings. The summed E-state index contributed by atoms with van der Waals surface area (Å²) in [6, 6.07) is 0.359. The highest BCUT2D eigenvalue weighted by molar-refractivity contribution is 5.07. The molecular weight excluding hydrogens is 146 g/mol. The fourth-order valence-electron chi connectivity index (χ4n) is 2.28.